The van der Waals surface area contributed by atoms with E-state index in [2.05, 4.69) is 44.5 Å². The fraction of sp³-hybridized carbons (Fsp3) is 0.238. The summed E-state index contributed by atoms with van der Waals surface area (Å²) in [6, 6.07) is 12.3. The number of nitrogens with one attached hydrogen (secondary N) is 2. The average Bonchev–Trinajstić information content (AvgIpc) is 3.29. The van der Waals surface area contributed by atoms with Gasteiger partial charge in [0.25, 0.3) is 0 Å². The summed E-state index contributed by atoms with van der Waals surface area (Å²) in [5.41, 5.74) is 15.8. The lowest BCUT2D eigenvalue weighted by Crippen LogP contribution is -1.94. The van der Waals surface area contributed by atoms with Gasteiger partial charge >= 0.3 is 0 Å². The molecule has 1 aromatic carbocycles. The van der Waals surface area contributed by atoms with E-state index in [-0.39, 0.29) is 0 Å². The van der Waals surface area contributed by atoms with Crippen LogP contribution in [-0.2, 0) is 12.8 Å². The molecule has 0 unspecified atom stereocenters. The maximum Gasteiger partial charge on any atom is 0.205 e. The van der Waals surface area contributed by atoms with E-state index in [0.29, 0.717) is 11.5 Å². The average molecular weight is 393 g/mol. The first-order chi connectivity index (χ1) is 13.6. The van der Waals surface area contributed by atoms with E-state index in [4.69, 9.17) is 11.5 Å². The zero-order valence-corrected chi connectivity index (χ0v) is 16.6. The minimum atomic E-state index is 0.505. The van der Waals surface area contributed by atoms with Crippen molar-refractivity contribution in [3.05, 3.63) is 63.9 Å². The lowest BCUT2D eigenvalue weighted by molar-refractivity contribution is 0.831. The molecule has 2 aromatic heterocycles. The SMILES string of the molecule is CNc1nnc(CCCC#C/C(N)=C/c2cc(Cc3ccccc3)[nH]c2N)s1. The molecule has 0 bridgehead atoms. The number of rotatable bonds is 7. The van der Waals surface area contributed by atoms with Crippen molar-refractivity contribution in [2.45, 2.75) is 25.7 Å². The molecule has 0 spiro atoms. The molecular weight excluding hydrogens is 368 g/mol. The van der Waals surface area contributed by atoms with Gasteiger partial charge in [-0.1, -0.05) is 47.6 Å². The molecule has 144 valence electrons. The molecule has 28 heavy (non-hydrogen) atoms. The Hall–Kier alpha value is -3.24. The monoisotopic (exact) mass is 392 g/mol. The lowest BCUT2D eigenvalue weighted by atomic mass is 10.1. The first-order valence-electron chi connectivity index (χ1n) is 9.11. The Balaban J connectivity index is 1.53. The minimum Gasteiger partial charge on any atom is -0.392 e. The van der Waals surface area contributed by atoms with E-state index in [9.17, 15) is 0 Å². The predicted molar refractivity (Wildman–Crippen MR) is 117 cm³/mol. The highest BCUT2D eigenvalue weighted by Gasteiger charge is 2.05. The van der Waals surface area contributed by atoms with Crippen molar-refractivity contribution >= 4 is 28.4 Å². The molecule has 7 heteroatoms. The Kier molecular flexibility index (Phi) is 6.71. The van der Waals surface area contributed by atoms with Gasteiger partial charge in [0.15, 0.2) is 0 Å². The van der Waals surface area contributed by atoms with E-state index >= 15 is 0 Å². The number of anilines is 2. The number of aromatic amines is 1. The summed E-state index contributed by atoms with van der Waals surface area (Å²) < 4.78 is 0. The fourth-order valence-electron chi connectivity index (χ4n) is 2.73. The number of nitrogen functional groups attached to an aromatic ring is 1. The van der Waals surface area contributed by atoms with Crippen LogP contribution in [0.2, 0.25) is 0 Å². The van der Waals surface area contributed by atoms with Gasteiger partial charge in [0.05, 0.1) is 5.70 Å². The van der Waals surface area contributed by atoms with Crippen LogP contribution >= 0.6 is 11.3 Å². The van der Waals surface area contributed by atoms with Crippen LogP contribution in [0.25, 0.3) is 6.08 Å². The van der Waals surface area contributed by atoms with E-state index in [1.165, 1.54) is 5.56 Å². The van der Waals surface area contributed by atoms with Crippen molar-refractivity contribution in [3.63, 3.8) is 0 Å². The third kappa shape index (κ3) is 5.63. The summed E-state index contributed by atoms with van der Waals surface area (Å²) in [5.74, 6) is 6.71. The van der Waals surface area contributed by atoms with Gasteiger partial charge in [-0.25, -0.2) is 0 Å². The number of nitrogens with zero attached hydrogens (tertiary/aromatic N) is 2. The standard InChI is InChI=1S/C21H24N6S/c1-24-21-27-26-19(28-21)11-7-3-6-10-17(22)13-16-14-18(25-20(16)23)12-15-8-4-2-5-9-15/h2,4-5,8-9,13-14,25H,3,7,11-12,22-23H2,1H3,(H,24,27)/b17-13-. The van der Waals surface area contributed by atoms with Gasteiger partial charge in [0, 0.05) is 37.6 Å². The Morgan fingerprint density at radius 2 is 2.11 bits per heavy atom. The normalized spacial score (nSPS) is 11.1. The Morgan fingerprint density at radius 1 is 1.29 bits per heavy atom. The zero-order valence-electron chi connectivity index (χ0n) is 15.8. The molecule has 0 aliphatic carbocycles. The van der Waals surface area contributed by atoms with Crippen LogP contribution < -0.4 is 16.8 Å². The molecule has 0 saturated heterocycles. The maximum atomic E-state index is 6.08. The summed E-state index contributed by atoms with van der Waals surface area (Å²) >= 11 is 1.57. The number of hydrogen-bond donors (Lipinski definition) is 4. The molecule has 3 aromatic rings. The summed E-state index contributed by atoms with van der Waals surface area (Å²) in [6.45, 7) is 0. The zero-order chi connectivity index (χ0) is 19.8. The molecule has 0 amide bonds. The van der Waals surface area contributed by atoms with Crippen LogP contribution in [-0.4, -0.2) is 22.2 Å². The largest absolute Gasteiger partial charge is 0.392 e. The van der Waals surface area contributed by atoms with E-state index < -0.39 is 0 Å². The van der Waals surface area contributed by atoms with Gasteiger partial charge in [0.2, 0.25) is 5.13 Å². The molecular formula is C21H24N6S. The van der Waals surface area contributed by atoms with Gasteiger partial charge in [-0.15, -0.1) is 10.2 Å². The van der Waals surface area contributed by atoms with Gasteiger partial charge in [-0.3, -0.25) is 0 Å². The second-order valence-electron chi connectivity index (χ2n) is 6.33. The Morgan fingerprint density at radius 3 is 2.86 bits per heavy atom. The molecule has 0 atom stereocenters. The highest BCUT2D eigenvalue weighted by Crippen LogP contribution is 2.19. The number of unbranched alkanes of at least 4 members (excludes halogenated alkanes) is 1. The number of H-pyrrole nitrogens is 1. The number of allylic oxidation sites excluding steroid dienone is 1. The number of nitrogens with two attached hydrogens (primary N) is 2. The van der Waals surface area contributed by atoms with Gasteiger partial charge < -0.3 is 21.8 Å². The predicted octanol–water partition coefficient (Wildman–Crippen LogP) is 3.41. The number of aryl methyl sites for hydroxylation is 1. The molecule has 2 heterocycles. The summed E-state index contributed by atoms with van der Waals surface area (Å²) in [5, 5.41) is 13.0. The lowest BCUT2D eigenvalue weighted by Gasteiger charge is -1.97. The highest BCUT2D eigenvalue weighted by atomic mass is 32.1. The van der Waals surface area contributed by atoms with Crippen LogP contribution in [0.5, 0.6) is 0 Å². The molecule has 0 radical (unpaired) electrons. The smallest absolute Gasteiger partial charge is 0.205 e. The Bertz CT molecular complexity index is 991. The highest BCUT2D eigenvalue weighted by molar-refractivity contribution is 7.15. The van der Waals surface area contributed by atoms with E-state index in [0.717, 1.165) is 47.1 Å². The van der Waals surface area contributed by atoms with Crippen LogP contribution in [0.15, 0.2) is 42.1 Å². The molecule has 6 N–H and O–H groups in total. The summed E-state index contributed by atoms with van der Waals surface area (Å²) in [7, 11) is 1.84. The number of benzene rings is 1. The van der Waals surface area contributed by atoms with Crippen LogP contribution in [0.3, 0.4) is 0 Å². The van der Waals surface area contributed by atoms with Crippen molar-refractivity contribution in [2.24, 2.45) is 5.73 Å². The second-order valence-corrected chi connectivity index (χ2v) is 7.39. The first-order valence-corrected chi connectivity index (χ1v) is 9.93. The van der Waals surface area contributed by atoms with E-state index in [1.54, 1.807) is 11.3 Å². The minimum absolute atomic E-state index is 0.505. The second kappa shape index (κ2) is 9.62. The van der Waals surface area contributed by atoms with Crippen LogP contribution in [0.4, 0.5) is 10.9 Å². The van der Waals surface area contributed by atoms with Crippen molar-refractivity contribution < 1.29 is 0 Å². The maximum absolute atomic E-state index is 6.08. The summed E-state index contributed by atoms with van der Waals surface area (Å²) in [6.07, 6.45) is 5.16. The third-order valence-corrected chi connectivity index (χ3v) is 5.09. The Labute approximate surface area is 169 Å². The van der Waals surface area contributed by atoms with Gasteiger partial charge in [-0.2, -0.15) is 0 Å². The third-order valence-electron chi connectivity index (χ3n) is 4.09. The van der Waals surface area contributed by atoms with Gasteiger partial charge in [-0.05, 0) is 30.0 Å². The van der Waals surface area contributed by atoms with Gasteiger partial charge in [0.1, 0.15) is 10.8 Å². The van der Waals surface area contributed by atoms with Crippen molar-refractivity contribution in [3.8, 4) is 11.8 Å². The van der Waals surface area contributed by atoms with E-state index in [1.807, 2.05) is 37.4 Å². The number of hydrogen-bond acceptors (Lipinski definition) is 6. The van der Waals surface area contributed by atoms with Crippen molar-refractivity contribution in [1.82, 2.24) is 15.2 Å². The van der Waals surface area contributed by atoms with Crippen molar-refractivity contribution in [2.75, 3.05) is 18.1 Å². The quantitative estimate of drug-likeness (QED) is 0.364. The number of aromatic nitrogens is 3. The van der Waals surface area contributed by atoms with Crippen LogP contribution in [0.1, 0.15) is 34.7 Å². The topological polar surface area (TPSA) is 106 Å². The molecule has 0 aliphatic heterocycles. The van der Waals surface area contributed by atoms with Crippen LogP contribution in [0, 0.1) is 11.8 Å². The fourth-order valence-corrected chi connectivity index (χ4v) is 3.46. The molecule has 0 aliphatic rings. The summed E-state index contributed by atoms with van der Waals surface area (Å²) in [4.78, 5) is 3.21. The molecule has 0 saturated carbocycles. The molecule has 0 fully saturated rings. The van der Waals surface area contributed by atoms with Crippen molar-refractivity contribution in [1.29, 1.82) is 0 Å². The molecule has 3 rings (SSSR count). The first kappa shape index (κ1) is 19.5. The molecule has 6 nitrogen and oxygen atoms in total.